The number of aliphatic hydroxyl groups is 2. The van der Waals surface area contributed by atoms with Crippen molar-refractivity contribution in [1.29, 1.82) is 0 Å². The van der Waals surface area contributed by atoms with Gasteiger partial charge in [0.05, 0.1) is 11.7 Å². The zero-order chi connectivity index (χ0) is 23.4. The molecule has 8 atom stereocenters. The summed E-state index contributed by atoms with van der Waals surface area (Å²) in [4.78, 5) is 29.9. The molecule has 30 heavy (non-hydrogen) atoms. The summed E-state index contributed by atoms with van der Waals surface area (Å²) in [6.07, 6.45) is -1.10. The van der Waals surface area contributed by atoms with E-state index in [0.717, 1.165) is 5.71 Å². The number of methoxy groups -OCH3 is 1. The molecule has 0 unspecified atom stereocenters. The lowest BCUT2D eigenvalue weighted by atomic mass is 9.73. The van der Waals surface area contributed by atoms with Crippen molar-refractivity contribution in [3.8, 4) is 0 Å². The van der Waals surface area contributed by atoms with Crippen molar-refractivity contribution in [3.63, 3.8) is 0 Å². The molecule has 0 aromatic heterocycles. The molecule has 1 fully saturated rings. The van der Waals surface area contributed by atoms with Gasteiger partial charge in [0, 0.05) is 32.2 Å². The van der Waals surface area contributed by atoms with Crippen LogP contribution in [0.15, 0.2) is 4.99 Å². The zero-order valence-corrected chi connectivity index (χ0v) is 20.1. The van der Waals surface area contributed by atoms with Gasteiger partial charge in [0.15, 0.2) is 0 Å². The average molecular weight is 428 g/mol. The Kier molecular flexibility index (Phi) is 9.21. The van der Waals surface area contributed by atoms with Gasteiger partial charge in [0.2, 0.25) is 0 Å². The summed E-state index contributed by atoms with van der Waals surface area (Å²) in [5, 5.41) is 22.2. The van der Waals surface area contributed by atoms with Crippen LogP contribution in [0.2, 0.25) is 0 Å². The van der Waals surface area contributed by atoms with Crippen molar-refractivity contribution in [2.24, 2.45) is 28.7 Å². The molecule has 0 radical (unpaired) electrons. The average Bonchev–Trinajstić information content (AvgIpc) is 2.69. The monoisotopic (exact) mass is 427 g/mol. The maximum absolute atomic E-state index is 12.8. The molecule has 2 N–H and O–H groups in total. The van der Waals surface area contributed by atoms with Crippen molar-refractivity contribution >= 4 is 17.5 Å². The topological polar surface area (TPSA) is 105 Å². The second-order valence-electron chi connectivity index (χ2n) is 9.36. The van der Waals surface area contributed by atoms with Gasteiger partial charge >= 0.3 is 5.97 Å². The fraction of sp³-hybridized carbons (Fsp3) is 0.870. The summed E-state index contributed by atoms with van der Waals surface area (Å²) in [5.41, 5.74) is -1.58. The van der Waals surface area contributed by atoms with Gasteiger partial charge in [-0.2, -0.15) is 0 Å². The van der Waals surface area contributed by atoms with Crippen LogP contribution >= 0.6 is 0 Å². The highest BCUT2D eigenvalue weighted by Gasteiger charge is 2.47. The highest BCUT2D eigenvalue weighted by atomic mass is 16.6. The first-order valence-electron chi connectivity index (χ1n) is 10.9. The molecule has 1 aliphatic heterocycles. The number of hydrogen-bond acceptors (Lipinski definition) is 7. The molecule has 0 aliphatic carbocycles. The number of carbonyl (C=O) groups is 2. The van der Waals surface area contributed by atoms with Crippen LogP contribution in [0.1, 0.15) is 67.7 Å². The lowest BCUT2D eigenvalue weighted by Gasteiger charge is -2.42. The molecule has 0 aromatic rings. The Morgan fingerprint density at radius 2 is 1.77 bits per heavy atom. The first-order chi connectivity index (χ1) is 13.8. The minimum absolute atomic E-state index is 0.0547. The van der Waals surface area contributed by atoms with Crippen molar-refractivity contribution < 1.29 is 29.3 Å². The van der Waals surface area contributed by atoms with Crippen LogP contribution in [0.25, 0.3) is 0 Å². The highest BCUT2D eigenvalue weighted by Crippen LogP contribution is 2.36. The first-order valence-corrected chi connectivity index (χ1v) is 10.9. The van der Waals surface area contributed by atoms with Gasteiger partial charge in [-0.25, -0.2) is 0 Å². The second kappa shape index (κ2) is 10.3. The van der Waals surface area contributed by atoms with Crippen molar-refractivity contribution in [2.45, 2.75) is 91.1 Å². The van der Waals surface area contributed by atoms with Crippen LogP contribution in [0.5, 0.6) is 0 Å². The Bertz CT molecular complexity index is 646. The quantitative estimate of drug-likeness (QED) is 0.519. The summed E-state index contributed by atoms with van der Waals surface area (Å²) in [5.74, 6) is -2.53. The third-order valence-corrected chi connectivity index (χ3v) is 7.15. The molecular weight excluding hydrogens is 386 g/mol. The first kappa shape index (κ1) is 26.7. The number of hydrogen-bond donors (Lipinski definition) is 2. The van der Waals surface area contributed by atoms with Crippen molar-refractivity contribution in [2.75, 3.05) is 14.2 Å². The predicted molar refractivity (Wildman–Crippen MR) is 116 cm³/mol. The Labute approximate surface area is 181 Å². The Balaban J connectivity index is 3.48. The second-order valence-corrected chi connectivity index (χ2v) is 9.36. The molecular formula is C23H41NO6. The summed E-state index contributed by atoms with van der Waals surface area (Å²) in [6, 6.07) is 0. The number of esters is 1. The van der Waals surface area contributed by atoms with Gasteiger partial charge in [-0.1, -0.05) is 27.7 Å². The summed E-state index contributed by atoms with van der Waals surface area (Å²) < 4.78 is 11.4. The number of cyclic esters (lactones) is 1. The van der Waals surface area contributed by atoms with Crippen LogP contribution in [0, 0.1) is 23.7 Å². The van der Waals surface area contributed by atoms with Gasteiger partial charge in [-0.05, 0) is 45.4 Å². The molecule has 1 saturated heterocycles. The Morgan fingerprint density at radius 3 is 2.23 bits per heavy atom. The third-order valence-electron chi connectivity index (χ3n) is 7.15. The van der Waals surface area contributed by atoms with E-state index in [9.17, 15) is 19.8 Å². The van der Waals surface area contributed by atoms with E-state index >= 15 is 0 Å². The normalized spacial score (nSPS) is 43.9. The lowest BCUT2D eigenvalue weighted by molar-refractivity contribution is -0.186. The van der Waals surface area contributed by atoms with E-state index in [1.54, 1.807) is 21.1 Å². The van der Waals surface area contributed by atoms with E-state index in [0.29, 0.717) is 12.8 Å². The van der Waals surface area contributed by atoms with Gasteiger partial charge < -0.3 is 19.7 Å². The van der Waals surface area contributed by atoms with Crippen LogP contribution in [0.3, 0.4) is 0 Å². The van der Waals surface area contributed by atoms with Crippen LogP contribution in [0.4, 0.5) is 0 Å². The highest BCUT2D eigenvalue weighted by molar-refractivity contribution is 5.98. The number of rotatable bonds is 2. The SMILES string of the molecule is CC[C@H]1OC(=O)[C@H](C)C(=O)C[C@@H](C)[C@](C)(OC)C[C@@H](C)C(=NC)[C@H](C)[C@@H](O)[C@]1(C)O. The van der Waals surface area contributed by atoms with Crippen LogP contribution in [-0.4, -0.2) is 65.2 Å². The molecule has 1 aliphatic rings. The molecule has 0 bridgehead atoms. The fourth-order valence-electron chi connectivity index (χ4n) is 4.61. The van der Waals surface area contributed by atoms with E-state index in [1.807, 2.05) is 27.7 Å². The minimum Gasteiger partial charge on any atom is -0.459 e. The van der Waals surface area contributed by atoms with Crippen molar-refractivity contribution in [3.05, 3.63) is 0 Å². The number of ketones is 1. The predicted octanol–water partition coefficient (Wildman–Crippen LogP) is 2.80. The summed E-state index contributed by atoms with van der Waals surface area (Å²) >= 11 is 0. The largest absolute Gasteiger partial charge is 0.459 e. The van der Waals surface area contributed by atoms with E-state index in [2.05, 4.69) is 4.99 Å². The summed E-state index contributed by atoms with van der Waals surface area (Å²) in [6.45, 7) is 12.5. The maximum Gasteiger partial charge on any atom is 0.316 e. The smallest absolute Gasteiger partial charge is 0.316 e. The summed E-state index contributed by atoms with van der Waals surface area (Å²) in [7, 11) is 3.29. The molecule has 7 nitrogen and oxygen atoms in total. The van der Waals surface area contributed by atoms with Crippen LogP contribution < -0.4 is 0 Å². The van der Waals surface area contributed by atoms with Crippen LogP contribution in [-0.2, 0) is 19.1 Å². The van der Waals surface area contributed by atoms with E-state index in [4.69, 9.17) is 9.47 Å². The Morgan fingerprint density at radius 1 is 1.20 bits per heavy atom. The number of ether oxygens (including phenoxy) is 2. The molecule has 0 spiro atoms. The van der Waals surface area contributed by atoms with Gasteiger partial charge in [0.25, 0.3) is 0 Å². The number of Topliss-reactive ketones (excluding diaryl/α,β-unsaturated/α-hetero) is 1. The minimum atomic E-state index is -1.70. The van der Waals surface area contributed by atoms with E-state index < -0.39 is 41.2 Å². The van der Waals surface area contributed by atoms with E-state index in [1.165, 1.54) is 13.8 Å². The van der Waals surface area contributed by atoms with Gasteiger partial charge in [-0.3, -0.25) is 14.6 Å². The molecule has 7 heteroatoms. The molecule has 0 saturated carbocycles. The number of aliphatic hydroxyl groups excluding tert-OH is 1. The molecule has 174 valence electrons. The number of nitrogens with zero attached hydrogens (tertiary/aromatic N) is 1. The standard InChI is InChI=1S/C23H41NO6/c1-10-18-23(7,28)20(26)16(5)19(24-8)13(2)12-22(6,29-9)14(3)11-17(25)15(4)21(27)30-18/h13-16,18,20,26,28H,10-12H2,1-9H3/t13-,14-,15-,16+,18-,20-,22-,23-/m1/s1. The van der Waals surface area contributed by atoms with Gasteiger partial charge in [-0.15, -0.1) is 0 Å². The molecule has 0 amide bonds. The lowest BCUT2D eigenvalue weighted by Crippen LogP contribution is -2.56. The third kappa shape index (κ3) is 5.48. The van der Waals surface area contributed by atoms with Crippen molar-refractivity contribution in [1.82, 2.24) is 0 Å². The number of carbonyl (C=O) groups excluding carboxylic acids is 2. The fourth-order valence-corrected chi connectivity index (χ4v) is 4.61. The van der Waals surface area contributed by atoms with E-state index in [-0.39, 0.29) is 24.0 Å². The molecule has 1 rings (SSSR count). The molecule has 1 heterocycles. The van der Waals surface area contributed by atoms with Gasteiger partial charge in [0.1, 0.15) is 23.4 Å². The number of aliphatic imine (C=N–C) groups is 1. The Hall–Kier alpha value is -1.31. The molecule has 0 aromatic carbocycles. The maximum atomic E-state index is 12.8. The zero-order valence-electron chi connectivity index (χ0n) is 20.1.